The SMILES string of the molecule is CC(C)Cc1cc(C(=O)NN)no1. The lowest BCUT2D eigenvalue weighted by Gasteiger charge is -1.96. The molecule has 3 N–H and O–H groups in total. The molecule has 0 atom stereocenters. The average molecular weight is 183 g/mol. The molecular weight excluding hydrogens is 170 g/mol. The van der Waals surface area contributed by atoms with Crippen LogP contribution in [0.15, 0.2) is 10.6 Å². The van der Waals surface area contributed by atoms with Crippen molar-refractivity contribution in [1.82, 2.24) is 10.6 Å². The van der Waals surface area contributed by atoms with Crippen molar-refractivity contribution in [2.24, 2.45) is 11.8 Å². The molecule has 72 valence electrons. The molecule has 0 fully saturated rings. The van der Waals surface area contributed by atoms with E-state index in [0.717, 1.165) is 6.42 Å². The Balaban J connectivity index is 2.69. The van der Waals surface area contributed by atoms with E-state index >= 15 is 0 Å². The Kier molecular flexibility index (Phi) is 3.02. The Morgan fingerprint density at radius 1 is 1.77 bits per heavy atom. The van der Waals surface area contributed by atoms with Crippen molar-refractivity contribution in [3.05, 3.63) is 17.5 Å². The summed E-state index contributed by atoms with van der Waals surface area (Å²) >= 11 is 0. The summed E-state index contributed by atoms with van der Waals surface area (Å²) in [6.07, 6.45) is 0.769. The van der Waals surface area contributed by atoms with E-state index < -0.39 is 5.91 Å². The number of hydrogen-bond donors (Lipinski definition) is 2. The van der Waals surface area contributed by atoms with Gasteiger partial charge in [-0.25, -0.2) is 5.84 Å². The van der Waals surface area contributed by atoms with Crippen LogP contribution in [0.4, 0.5) is 0 Å². The van der Waals surface area contributed by atoms with Gasteiger partial charge in [-0.1, -0.05) is 19.0 Å². The molecular formula is C8H13N3O2. The van der Waals surface area contributed by atoms with Crippen LogP contribution in [0.2, 0.25) is 0 Å². The molecule has 13 heavy (non-hydrogen) atoms. The Labute approximate surface area is 76.2 Å². The molecule has 1 rings (SSSR count). The second-order valence-electron chi connectivity index (χ2n) is 3.25. The maximum atomic E-state index is 11.0. The van der Waals surface area contributed by atoms with Crippen LogP contribution in [0.25, 0.3) is 0 Å². The molecule has 0 bridgehead atoms. The fraction of sp³-hybridized carbons (Fsp3) is 0.500. The van der Waals surface area contributed by atoms with E-state index in [0.29, 0.717) is 11.7 Å². The van der Waals surface area contributed by atoms with Crippen molar-refractivity contribution in [2.75, 3.05) is 0 Å². The third-order valence-corrected chi connectivity index (χ3v) is 1.53. The predicted molar refractivity (Wildman–Crippen MR) is 46.7 cm³/mol. The number of hydrogen-bond acceptors (Lipinski definition) is 4. The van der Waals surface area contributed by atoms with Crippen molar-refractivity contribution in [1.29, 1.82) is 0 Å². The minimum atomic E-state index is -0.432. The number of aromatic nitrogens is 1. The number of hydrazine groups is 1. The second-order valence-corrected chi connectivity index (χ2v) is 3.25. The van der Waals surface area contributed by atoms with Crippen molar-refractivity contribution in [2.45, 2.75) is 20.3 Å². The Hall–Kier alpha value is -1.36. The van der Waals surface area contributed by atoms with E-state index in [4.69, 9.17) is 10.4 Å². The van der Waals surface area contributed by atoms with Gasteiger partial charge in [0, 0.05) is 12.5 Å². The van der Waals surface area contributed by atoms with Gasteiger partial charge in [0.1, 0.15) is 5.76 Å². The quantitative estimate of drug-likeness (QED) is 0.405. The van der Waals surface area contributed by atoms with Crippen molar-refractivity contribution in [3.8, 4) is 0 Å². The van der Waals surface area contributed by atoms with Gasteiger partial charge in [-0.05, 0) is 5.92 Å². The van der Waals surface area contributed by atoms with Crippen molar-refractivity contribution in [3.63, 3.8) is 0 Å². The fourth-order valence-corrected chi connectivity index (χ4v) is 0.993. The number of carbonyl (C=O) groups excluding carboxylic acids is 1. The van der Waals surface area contributed by atoms with E-state index in [1.165, 1.54) is 0 Å². The first-order chi connectivity index (χ1) is 6.13. The zero-order chi connectivity index (χ0) is 9.84. The molecule has 5 nitrogen and oxygen atoms in total. The summed E-state index contributed by atoms with van der Waals surface area (Å²) in [5, 5.41) is 3.57. The summed E-state index contributed by atoms with van der Waals surface area (Å²) in [4.78, 5) is 11.0. The first-order valence-electron chi connectivity index (χ1n) is 4.10. The van der Waals surface area contributed by atoms with Crippen LogP contribution in [0, 0.1) is 5.92 Å². The molecule has 0 aliphatic carbocycles. The van der Waals surface area contributed by atoms with Gasteiger partial charge >= 0.3 is 0 Å². The van der Waals surface area contributed by atoms with Crippen LogP contribution in [-0.4, -0.2) is 11.1 Å². The lowest BCUT2D eigenvalue weighted by atomic mass is 10.1. The van der Waals surface area contributed by atoms with Gasteiger partial charge in [0.15, 0.2) is 5.69 Å². The van der Waals surface area contributed by atoms with Gasteiger partial charge in [0.25, 0.3) is 5.91 Å². The van der Waals surface area contributed by atoms with Crippen molar-refractivity contribution >= 4 is 5.91 Å². The smallest absolute Gasteiger partial charge is 0.287 e. The minimum Gasteiger partial charge on any atom is -0.361 e. The summed E-state index contributed by atoms with van der Waals surface area (Å²) in [5.41, 5.74) is 2.21. The van der Waals surface area contributed by atoms with Crippen LogP contribution >= 0.6 is 0 Å². The first kappa shape index (κ1) is 9.73. The molecule has 1 aromatic heterocycles. The number of amides is 1. The minimum absolute atomic E-state index is 0.221. The largest absolute Gasteiger partial charge is 0.361 e. The standard InChI is InChI=1S/C8H13N3O2/c1-5(2)3-6-4-7(11-13-6)8(12)10-9/h4-5H,3,9H2,1-2H3,(H,10,12). The molecule has 0 aliphatic rings. The Morgan fingerprint density at radius 3 is 3.00 bits per heavy atom. The van der Waals surface area contributed by atoms with Gasteiger partial charge in [0.2, 0.25) is 0 Å². The van der Waals surface area contributed by atoms with Gasteiger partial charge in [0.05, 0.1) is 0 Å². The zero-order valence-electron chi connectivity index (χ0n) is 7.70. The van der Waals surface area contributed by atoms with Gasteiger partial charge in [-0.3, -0.25) is 10.2 Å². The summed E-state index contributed by atoms with van der Waals surface area (Å²) in [5.74, 6) is 5.68. The zero-order valence-corrected chi connectivity index (χ0v) is 7.70. The van der Waals surface area contributed by atoms with E-state index in [1.54, 1.807) is 6.07 Å². The van der Waals surface area contributed by atoms with E-state index in [-0.39, 0.29) is 5.69 Å². The Morgan fingerprint density at radius 2 is 2.46 bits per heavy atom. The number of rotatable bonds is 3. The lowest BCUT2D eigenvalue weighted by molar-refractivity contribution is 0.0944. The lowest BCUT2D eigenvalue weighted by Crippen LogP contribution is -2.30. The summed E-state index contributed by atoms with van der Waals surface area (Å²) in [6.45, 7) is 4.12. The van der Waals surface area contributed by atoms with E-state index in [2.05, 4.69) is 19.0 Å². The molecule has 1 heterocycles. The highest BCUT2D eigenvalue weighted by molar-refractivity contribution is 5.91. The third-order valence-electron chi connectivity index (χ3n) is 1.53. The maximum absolute atomic E-state index is 11.0. The molecule has 0 aromatic carbocycles. The van der Waals surface area contributed by atoms with Crippen LogP contribution in [0.1, 0.15) is 30.1 Å². The topological polar surface area (TPSA) is 81.2 Å². The monoisotopic (exact) mass is 183 g/mol. The maximum Gasteiger partial charge on any atom is 0.287 e. The predicted octanol–water partition coefficient (Wildman–Crippen LogP) is 0.477. The number of nitrogens with one attached hydrogen (secondary N) is 1. The summed E-state index contributed by atoms with van der Waals surface area (Å²) in [6, 6.07) is 1.60. The van der Waals surface area contributed by atoms with Crippen LogP contribution in [-0.2, 0) is 6.42 Å². The molecule has 0 aliphatic heterocycles. The van der Waals surface area contributed by atoms with Gasteiger partial charge < -0.3 is 4.52 Å². The number of nitrogen functional groups attached to an aromatic ring is 1. The molecule has 0 unspecified atom stereocenters. The molecule has 0 radical (unpaired) electrons. The van der Waals surface area contributed by atoms with Crippen LogP contribution in [0.3, 0.4) is 0 Å². The molecule has 1 amide bonds. The third kappa shape index (κ3) is 2.55. The number of carbonyl (C=O) groups is 1. The highest BCUT2D eigenvalue weighted by Crippen LogP contribution is 2.09. The van der Waals surface area contributed by atoms with E-state index in [9.17, 15) is 4.79 Å². The van der Waals surface area contributed by atoms with E-state index in [1.807, 2.05) is 5.43 Å². The second kappa shape index (κ2) is 4.04. The molecule has 5 heteroatoms. The molecule has 0 spiro atoms. The number of nitrogens with two attached hydrogens (primary N) is 1. The molecule has 0 saturated heterocycles. The summed E-state index contributed by atoms with van der Waals surface area (Å²) < 4.78 is 4.93. The van der Waals surface area contributed by atoms with Crippen LogP contribution in [0.5, 0.6) is 0 Å². The molecule has 0 saturated carbocycles. The highest BCUT2D eigenvalue weighted by Gasteiger charge is 2.11. The first-order valence-corrected chi connectivity index (χ1v) is 4.10. The number of nitrogens with zero attached hydrogens (tertiary/aromatic N) is 1. The normalized spacial score (nSPS) is 10.5. The van der Waals surface area contributed by atoms with Gasteiger partial charge in [-0.2, -0.15) is 0 Å². The highest BCUT2D eigenvalue weighted by atomic mass is 16.5. The Bertz CT molecular complexity index is 293. The fourth-order valence-electron chi connectivity index (χ4n) is 0.993. The summed E-state index contributed by atoms with van der Waals surface area (Å²) in [7, 11) is 0. The van der Waals surface area contributed by atoms with Crippen LogP contribution < -0.4 is 11.3 Å². The van der Waals surface area contributed by atoms with Gasteiger partial charge in [-0.15, -0.1) is 0 Å². The van der Waals surface area contributed by atoms with Crippen molar-refractivity contribution < 1.29 is 9.32 Å². The average Bonchev–Trinajstić information content (AvgIpc) is 2.50. The molecule has 1 aromatic rings.